The molecule has 2 heterocycles. The minimum Gasteiger partial charge on any atom is -0.357 e. The third-order valence-corrected chi connectivity index (χ3v) is 3.73. The van der Waals surface area contributed by atoms with Crippen LogP contribution < -0.4 is 10.9 Å². The van der Waals surface area contributed by atoms with Crippen molar-refractivity contribution in [3.63, 3.8) is 0 Å². The lowest BCUT2D eigenvalue weighted by Gasteiger charge is -2.13. The number of aromatic nitrogens is 2. The van der Waals surface area contributed by atoms with Crippen LogP contribution in [-0.4, -0.2) is 34.6 Å². The lowest BCUT2D eigenvalue weighted by molar-refractivity contribution is 0.230. The number of rotatable bonds is 2. The molecule has 0 aliphatic carbocycles. The van der Waals surface area contributed by atoms with Gasteiger partial charge in [-0.05, 0) is 23.8 Å². The van der Waals surface area contributed by atoms with Crippen LogP contribution >= 0.6 is 0 Å². The second kappa shape index (κ2) is 5.64. The summed E-state index contributed by atoms with van der Waals surface area (Å²) >= 11 is 0. The fraction of sp³-hybridized carbons (Fsp3) is 0.176. The largest absolute Gasteiger partial charge is 0.357 e. The van der Waals surface area contributed by atoms with E-state index in [2.05, 4.69) is 10.3 Å². The summed E-state index contributed by atoms with van der Waals surface area (Å²) in [5, 5.41) is 3.70. The van der Waals surface area contributed by atoms with E-state index in [1.54, 1.807) is 31.9 Å². The number of nitrogens with one attached hydrogen (secondary N) is 2. The Morgan fingerprint density at radius 3 is 2.78 bits per heavy atom. The first kappa shape index (κ1) is 14.9. The standard InChI is InChI=1S/C17H18N4O2/c1-20(2)17(23)19-12-6-4-5-11(9-12)14-10-21(3)16(22)15-13(14)7-8-18-15/h4-10,18H,1-3H3,(H,19,23). The Kier molecular flexibility index (Phi) is 3.65. The van der Waals surface area contributed by atoms with Gasteiger partial charge in [-0.25, -0.2) is 4.79 Å². The highest BCUT2D eigenvalue weighted by atomic mass is 16.2. The smallest absolute Gasteiger partial charge is 0.321 e. The molecule has 3 aromatic rings. The van der Waals surface area contributed by atoms with Crippen LogP contribution in [0.1, 0.15) is 0 Å². The molecule has 6 nitrogen and oxygen atoms in total. The van der Waals surface area contributed by atoms with Gasteiger partial charge in [-0.15, -0.1) is 0 Å². The molecule has 0 saturated heterocycles. The maximum atomic E-state index is 12.1. The zero-order chi connectivity index (χ0) is 16.6. The van der Waals surface area contributed by atoms with Crippen molar-refractivity contribution in [3.8, 4) is 11.1 Å². The summed E-state index contributed by atoms with van der Waals surface area (Å²) < 4.78 is 1.55. The monoisotopic (exact) mass is 310 g/mol. The average Bonchev–Trinajstić information content (AvgIpc) is 3.01. The predicted molar refractivity (Wildman–Crippen MR) is 91.7 cm³/mol. The fourth-order valence-corrected chi connectivity index (χ4v) is 2.50. The SMILES string of the molecule is CN(C)C(=O)Nc1cccc(-c2cn(C)c(=O)c3[nH]ccc23)c1. The highest BCUT2D eigenvalue weighted by Gasteiger charge is 2.11. The number of anilines is 1. The van der Waals surface area contributed by atoms with Gasteiger partial charge in [-0.2, -0.15) is 0 Å². The Hall–Kier alpha value is -3.02. The number of amides is 2. The molecule has 6 heteroatoms. The van der Waals surface area contributed by atoms with Gasteiger partial charge in [0, 0.05) is 50.2 Å². The van der Waals surface area contributed by atoms with Crippen LogP contribution in [-0.2, 0) is 7.05 Å². The highest BCUT2D eigenvalue weighted by Crippen LogP contribution is 2.28. The van der Waals surface area contributed by atoms with Crippen molar-refractivity contribution in [1.29, 1.82) is 0 Å². The maximum Gasteiger partial charge on any atom is 0.321 e. The lowest BCUT2D eigenvalue weighted by atomic mass is 10.0. The van der Waals surface area contributed by atoms with Gasteiger partial charge in [-0.3, -0.25) is 4.79 Å². The zero-order valence-electron chi connectivity index (χ0n) is 13.3. The molecule has 0 atom stereocenters. The van der Waals surface area contributed by atoms with Crippen molar-refractivity contribution in [2.24, 2.45) is 7.05 Å². The summed E-state index contributed by atoms with van der Waals surface area (Å²) in [5.41, 5.74) is 3.09. The molecule has 0 saturated carbocycles. The van der Waals surface area contributed by atoms with E-state index in [0.29, 0.717) is 11.2 Å². The number of pyridine rings is 1. The third-order valence-electron chi connectivity index (χ3n) is 3.73. The normalized spacial score (nSPS) is 10.7. The second-order valence-electron chi connectivity index (χ2n) is 5.63. The summed E-state index contributed by atoms with van der Waals surface area (Å²) in [5.74, 6) is 0. The Labute approximate surface area is 133 Å². The quantitative estimate of drug-likeness (QED) is 0.764. The number of carbonyl (C=O) groups excluding carboxylic acids is 1. The number of aromatic amines is 1. The van der Waals surface area contributed by atoms with Crippen LogP contribution in [0, 0.1) is 0 Å². The number of urea groups is 1. The Bertz CT molecular complexity index is 937. The molecule has 0 aliphatic heterocycles. The van der Waals surface area contributed by atoms with Crippen molar-refractivity contribution >= 4 is 22.6 Å². The molecule has 0 fully saturated rings. The van der Waals surface area contributed by atoms with E-state index in [1.807, 2.05) is 36.5 Å². The van der Waals surface area contributed by atoms with Crippen LogP contribution in [0.25, 0.3) is 22.0 Å². The van der Waals surface area contributed by atoms with E-state index in [1.165, 1.54) is 4.90 Å². The van der Waals surface area contributed by atoms with Gasteiger partial charge in [0.05, 0.1) is 0 Å². The molecule has 0 spiro atoms. The molecular formula is C17H18N4O2. The Morgan fingerprint density at radius 2 is 2.04 bits per heavy atom. The number of H-pyrrole nitrogens is 1. The number of hydrogen-bond donors (Lipinski definition) is 2. The van der Waals surface area contributed by atoms with E-state index >= 15 is 0 Å². The molecule has 2 aromatic heterocycles. The molecule has 23 heavy (non-hydrogen) atoms. The molecule has 118 valence electrons. The van der Waals surface area contributed by atoms with Gasteiger partial charge in [0.1, 0.15) is 5.52 Å². The van der Waals surface area contributed by atoms with Crippen LogP contribution in [0.4, 0.5) is 10.5 Å². The summed E-state index contributed by atoms with van der Waals surface area (Å²) in [6.45, 7) is 0. The van der Waals surface area contributed by atoms with Crippen molar-refractivity contribution in [3.05, 3.63) is 53.1 Å². The fourth-order valence-electron chi connectivity index (χ4n) is 2.50. The molecule has 0 aliphatic rings. The van der Waals surface area contributed by atoms with Crippen molar-refractivity contribution in [2.75, 3.05) is 19.4 Å². The number of benzene rings is 1. The van der Waals surface area contributed by atoms with Crippen LogP contribution in [0.15, 0.2) is 47.5 Å². The first-order valence-electron chi connectivity index (χ1n) is 7.23. The van der Waals surface area contributed by atoms with E-state index in [0.717, 1.165) is 16.5 Å². The Balaban J connectivity index is 2.09. The first-order valence-corrected chi connectivity index (χ1v) is 7.23. The molecule has 0 bridgehead atoms. The number of aryl methyl sites for hydroxylation is 1. The van der Waals surface area contributed by atoms with Gasteiger partial charge in [-0.1, -0.05) is 12.1 Å². The van der Waals surface area contributed by atoms with Crippen LogP contribution in [0.3, 0.4) is 0 Å². The Morgan fingerprint density at radius 1 is 1.26 bits per heavy atom. The summed E-state index contributed by atoms with van der Waals surface area (Å²) in [7, 11) is 5.11. The minimum atomic E-state index is -0.186. The van der Waals surface area contributed by atoms with Crippen molar-refractivity contribution in [1.82, 2.24) is 14.5 Å². The first-order chi connectivity index (χ1) is 11.0. The van der Waals surface area contributed by atoms with Gasteiger partial charge in [0.15, 0.2) is 0 Å². The minimum absolute atomic E-state index is 0.0641. The number of hydrogen-bond acceptors (Lipinski definition) is 2. The van der Waals surface area contributed by atoms with Crippen LogP contribution in [0.5, 0.6) is 0 Å². The molecule has 1 aromatic carbocycles. The number of carbonyl (C=O) groups is 1. The van der Waals surface area contributed by atoms with Crippen molar-refractivity contribution < 1.29 is 4.79 Å². The molecule has 0 radical (unpaired) electrons. The molecular weight excluding hydrogens is 292 g/mol. The van der Waals surface area contributed by atoms with E-state index in [-0.39, 0.29) is 11.6 Å². The third kappa shape index (κ3) is 2.70. The number of fused-ring (bicyclic) bond motifs is 1. The maximum absolute atomic E-state index is 12.1. The van der Waals surface area contributed by atoms with E-state index < -0.39 is 0 Å². The molecule has 0 unspecified atom stereocenters. The summed E-state index contributed by atoms with van der Waals surface area (Å²) in [4.78, 5) is 28.4. The van der Waals surface area contributed by atoms with E-state index in [9.17, 15) is 9.59 Å². The highest BCUT2D eigenvalue weighted by molar-refractivity contribution is 5.96. The second-order valence-corrected chi connectivity index (χ2v) is 5.63. The van der Waals surface area contributed by atoms with Gasteiger partial charge < -0.3 is 19.8 Å². The van der Waals surface area contributed by atoms with Crippen molar-refractivity contribution in [2.45, 2.75) is 0 Å². The summed E-state index contributed by atoms with van der Waals surface area (Å²) in [6, 6.07) is 9.27. The topological polar surface area (TPSA) is 70.1 Å². The van der Waals surface area contributed by atoms with Gasteiger partial charge in [0.2, 0.25) is 0 Å². The lowest BCUT2D eigenvalue weighted by Crippen LogP contribution is -2.27. The molecule has 3 rings (SSSR count). The van der Waals surface area contributed by atoms with Crippen LogP contribution in [0.2, 0.25) is 0 Å². The predicted octanol–water partition coefficient (Wildman–Crippen LogP) is 2.63. The molecule has 2 amide bonds. The van der Waals surface area contributed by atoms with E-state index in [4.69, 9.17) is 0 Å². The summed E-state index contributed by atoms with van der Waals surface area (Å²) in [6.07, 6.45) is 3.57. The number of nitrogens with zero attached hydrogens (tertiary/aromatic N) is 2. The van der Waals surface area contributed by atoms with Gasteiger partial charge in [0.25, 0.3) is 5.56 Å². The molecule has 2 N–H and O–H groups in total. The average molecular weight is 310 g/mol. The zero-order valence-corrected chi connectivity index (χ0v) is 13.3. The van der Waals surface area contributed by atoms with Gasteiger partial charge >= 0.3 is 6.03 Å².